The molecule has 5 nitrogen and oxygen atoms in total. The maximum atomic E-state index is 12.4. The van der Waals surface area contributed by atoms with Gasteiger partial charge in [0.25, 0.3) is 0 Å². The smallest absolute Gasteiger partial charge is 0.246 e. The molecule has 1 aromatic heterocycles. The fraction of sp³-hybridized carbons (Fsp3) is 0.375. The molecule has 21 heavy (non-hydrogen) atoms. The van der Waals surface area contributed by atoms with E-state index in [-0.39, 0.29) is 17.9 Å². The van der Waals surface area contributed by atoms with E-state index < -0.39 is 12.1 Å². The van der Waals surface area contributed by atoms with Gasteiger partial charge in [0.1, 0.15) is 12.1 Å². The zero-order valence-corrected chi connectivity index (χ0v) is 12.0. The second kappa shape index (κ2) is 4.10. The number of para-hydroxylation sites is 1. The molecule has 2 aromatic rings. The third-order valence-electron chi connectivity index (χ3n) is 4.70. The minimum absolute atomic E-state index is 0.00333. The zero-order valence-electron chi connectivity index (χ0n) is 12.0. The van der Waals surface area contributed by atoms with Crippen molar-refractivity contribution in [3.05, 3.63) is 35.5 Å². The molecule has 0 aliphatic carbocycles. The lowest BCUT2D eigenvalue weighted by atomic mass is 9.89. The number of fused-ring (bicyclic) bond motifs is 4. The van der Waals surface area contributed by atoms with Crippen LogP contribution in [-0.2, 0) is 16.0 Å². The zero-order chi connectivity index (χ0) is 14.7. The van der Waals surface area contributed by atoms with Crippen molar-refractivity contribution in [2.24, 2.45) is 0 Å². The SMILES string of the molecule is C[C@@H]1c2[nH]c3ccccc3c2C[C@@H]2C(=O)N[C@H](C)C(=O)N21. The molecule has 1 aromatic carbocycles. The molecule has 0 bridgehead atoms. The first-order valence-corrected chi connectivity index (χ1v) is 7.30. The summed E-state index contributed by atoms with van der Waals surface area (Å²) in [5.41, 5.74) is 3.29. The normalized spacial score (nSPS) is 28.3. The predicted molar refractivity (Wildman–Crippen MR) is 78.7 cm³/mol. The second-order valence-corrected chi connectivity index (χ2v) is 5.93. The van der Waals surface area contributed by atoms with Crippen LogP contribution in [0.1, 0.15) is 31.1 Å². The van der Waals surface area contributed by atoms with Crippen LogP contribution in [0.2, 0.25) is 0 Å². The summed E-state index contributed by atoms with van der Waals surface area (Å²) in [6.07, 6.45) is 0.577. The van der Waals surface area contributed by atoms with Crippen molar-refractivity contribution in [2.75, 3.05) is 0 Å². The van der Waals surface area contributed by atoms with Gasteiger partial charge in [-0.15, -0.1) is 0 Å². The van der Waals surface area contributed by atoms with E-state index in [1.165, 1.54) is 0 Å². The number of hydrogen-bond donors (Lipinski definition) is 2. The van der Waals surface area contributed by atoms with Crippen LogP contribution in [0.4, 0.5) is 0 Å². The van der Waals surface area contributed by atoms with Crippen LogP contribution < -0.4 is 5.32 Å². The first-order chi connectivity index (χ1) is 10.1. The molecule has 3 atom stereocenters. The highest BCUT2D eigenvalue weighted by atomic mass is 16.2. The molecule has 2 N–H and O–H groups in total. The molecule has 1 saturated heterocycles. The highest BCUT2D eigenvalue weighted by molar-refractivity contribution is 5.98. The van der Waals surface area contributed by atoms with Crippen LogP contribution in [0.3, 0.4) is 0 Å². The van der Waals surface area contributed by atoms with E-state index in [9.17, 15) is 9.59 Å². The van der Waals surface area contributed by atoms with Gasteiger partial charge in [0.05, 0.1) is 6.04 Å². The summed E-state index contributed by atoms with van der Waals surface area (Å²) >= 11 is 0. The molecule has 0 spiro atoms. The van der Waals surface area contributed by atoms with Gasteiger partial charge in [0.15, 0.2) is 0 Å². The number of amides is 2. The predicted octanol–water partition coefficient (Wildman–Crippen LogP) is 1.50. The number of piperazine rings is 1. The molecule has 2 amide bonds. The molecule has 108 valence electrons. The second-order valence-electron chi connectivity index (χ2n) is 5.93. The number of H-pyrrole nitrogens is 1. The fourth-order valence-corrected chi connectivity index (χ4v) is 3.66. The van der Waals surface area contributed by atoms with E-state index in [1.54, 1.807) is 11.8 Å². The van der Waals surface area contributed by atoms with E-state index in [0.717, 1.165) is 22.2 Å². The van der Waals surface area contributed by atoms with Crippen molar-refractivity contribution >= 4 is 22.7 Å². The third kappa shape index (κ3) is 1.57. The Morgan fingerprint density at radius 1 is 1.19 bits per heavy atom. The molecule has 0 saturated carbocycles. The van der Waals surface area contributed by atoms with Crippen molar-refractivity contribution in [3.8, 4) is 0 Å². The van der Waals surface area contributed by atoms with Crippen LogP contribution >= 0.6 is 0 Å². The largest absolute Gasteiger partial charge is 0.356 e. The monoisotopic (exact) mass is 283 g/mol. The van der Waals surface area contributed by atoms with Gasteiger partial charge in [0.2, 0.25) is 11.8 Å². The maximum absolute atomic E-state index is 12.4. The number of nitrogens with one attached hydrogen (secondary N) is 2. The Labute approximate surface area is 122 Å². The van der Waals surface area contributed by atoms with Gasteiger partial charge < -0.3 is 15.2 Å². The molecular formula is C16H17N3O2. The molecular weight excluding hydrogens is 266 g/mol. The molecule has 5 heteroatoms. The van der Waals surface area contributed by atoms with Gasteiger partial charge in [0, 0.05) is 23.0 Å². The fourth-order valence-electron chi connectivity index (χ4n) is 3.66. The van der Waals surface area contributed by atoms with Crippen LogP contribution in [0.5, 0.6) is 0 Å². The molecule has 4 rings (SSSR count). The van der Waals surface area contributed by atoms with Gasteiger partial charge >= 0.3 is 0 Å². The molecule has 3 heterocycles. The van der Waals surface area contributed by atoms with Crippen LogP contribution in [0, 0.1) is 0 Å². The topological polar surface area (TPSA) is 65.2 Å². The number of hydrogen-bond acceptors (Lipinski definition) is 2. The number of rotatable bonds is 0. The standard InChI is InChI=1S/C16H17N3O2/c1-8-16(21)19-9(2)14-11(7-13(19)15(20)17-8)10-5-3-4-6-12(10)18-14/h3-6,8-9,13,18H,7H2,1-2H3,(H,17,20)/t8-,9-,13-/m1/s1. The summed E-state index contributed by atoms with van der Waals surface area (Å²) in [5.74, 6) is -0.0544. The highest BCUT2D eigenvalue weighted by Crippen LogP contribution is 2.38. The van der Waals surface area contributed by atoms with Gasteiger partial charge in [-0.2, -0.15) is 0 Å². The van der Waals surface area contributed by atoms with Crippen molar-refractivity contribution in [1.82, 2.24) is 15.2 Å². The first kappa shape index (κ1) is 12.4. The van der Waals surface area contributed by atoms with Crippen molar-refractivity contribution in [1.29, 1.82) is 0 Å². The van der Waals surface area contributed by atoms with Crippen LogP contribution in [-0.4, -0.2) is 33.8 Å². The molecule has 2 aliphatic rings. The summed E-state index contributed by atoms with van der Waals surface area (Å²) in [5, 5.41) is 3.93. The lowest BCUT2D eigenvalue weighted by molar-refractivity contribution is -0.152. The summed E-state index contributed by atoms with van der Waals surface area (Å²) in [7, 11) is 0. The minimum atomic E-state index is -0.442. The lowest BCUT2D eigenvalue weighted by Gasteiger charge is -2.44. The van der Waals surface area contributed by atoms with Gasteiger partial charge in [-0.3, -0.25) is 9.59 Å². The summed E-state index contributed by atoms with van der Waals surface area (Å²) in [6.45, 7) is 3.73. The third-order valence-corrected chi connectivity index (χ3v) is 4.70. The van der Waals surface area contributed by atoms with Gasteiger partial charge in [-0.1, -0.05) is 18.2 Å². The Morgan fingerprint density at radius 2 is 1.95 bits per heavy atom. The molecule has 1 fully saturated rings. The Kier molecular flexibility index (Phi) is 2.43. The number of carbonyl (C=O) groups is 2. The van der Waals surface area contributed by atoms with Crippen molar-refractivity contribution in [3.63, 3.8) is 0 Å². The minimum Gasteiger partial charge on any atom is -0.356 e. The number of carbonyl (C=O) groups excluding carboxylic acids is 2. The Balaban J connectivity index is 1.90. The summed E-state index contributed by atoms with van der Waals surface area (Å²) in [4.78, 5) is 29.9. The van der Waals surface area contributed by atoms with E-state index in [0.29, 0.717) is 6.42 Å². The Morgan fingerprint density at radius 3 is 2.76 bits per heavy atom. The van der Waals surface area contributed by atoms with Gasteiger partial charge in [-0.05, 0) is 25.5 Å². The van der Waals surface area contributed by atoms with Gasteiger partial charge in [-0.25, -0.2) is 0 Å². The lowest BCUT2D eigenvalue weighted by Crippen LogP contribution is -2.64. The molecule has 0 unspecified atom stereocenters. The summed E-state index contributed by atoms with van der Waals surface area (Å²) in [6, 6.07) is 7.15. The van der Waals surface area contributed by atoms with E-state index in [2.05, 4.69) is 16.4 Å². The van der Waals surface area contributed by atoms with E-state index in [1.807, 2.05) is 25.1 Å². The highest BCUT2D eigenvalue weighted by Gasteiger charge is 2.45. The van der Waals surface area contributed by atoms with Crippen LogP contribution in [0.15, 0.2) is 24.3 Å². The Bertz CT molecular complexity index is 764. The average molecular weight is 283 g/mol. The average Bonchev–Trinajstić information content (AvgIpc) is 2.84. The molecule has 0 radical (unpaired) electrons. The number of benzene rings is 1. The maximum Gasteiger partial charge on any atom is 0.246 e. The van der Waals surface area contributed by atoms with Crippen LogP contribution in [0.25, 0.3) is 10.9 Å². The summed E-state index contributed by atoms with van der Waals surface area (Å²) < 4.78 is 0. The van der Waals surface area contributed by atoms with Crippen molar-refractivity contribution < 1.29 is 9.59 Å². The quantitative estimate of drug-likeness (QED) is 0.769. The Hall–Kier alpha value is -2.30. The number of aromatic amines is 1. The molecule has 2 aliphatic heterocycles. The number of nitrogens with zero attached hydrogens (tertiary/aromatic N) is 1. The first-order valence-electron chi connectivity index (χ1n) is 7.30. The van der Waals surface area contributed by atoms with Crippen molar-refractivity contribution in [2.45, 2.75) is 38.4 Å². The van der Waals surface area contributed by atoms with E-state index in [4.69, 9.17) is 0 Å². The van der Waals surface area contributed by atoms with E-state index >= 15 is 0 Å². The number of aromatic nitrogens is 1.